The highest BCUT2D eigenvalue weighted by atomic mass is 35.5. The number of thiophene rings is 1. The third-order valence-corrected chi connectivity index (χ3v) is 7.06. The Hall–Kier alpha value is -1.94. The summed E-state index contributed by atoms with van der Waals surface area (Å²) in [6.45, 7) is 1.88. The van der Waals surface area contributed by atoms with Crippen LogP contribution in [0.4, 0.5) is 6.01 Å². The Morgan fingerprint density at radius 1 is 1.21 bits per heavy atom. The number of hydrogen-bond acceptors (Lipinski definition) is 7. The van der Waals surface area contributed by atoms with Crippen LogP contribution in [0.1, 0.15) is 18.4 Å². The Morgan fingerprint density at radius 2 is 1.93 bits per heavy atom. The summed E-state index contributed by atoms with van der Waals surface area (Å²) in [5.74, 6) is -0.434. The van der Waals surface area contributed by atoms with Gasteiger partial charge in [0.1, 0.15) is 4.34 Å². The maximum atomic E-state index is 12.3. The lowest BCUT2D eigenvalue weighted by atomic mass is 10.2. The van der Waals surface area contributed by atoms with Crippen molar-refractivity contribution in [1.82, 2.24) is 10.2 Å². The first kappa shape index (κ1) is 20.8. The molecule has 1 aromatic carbocycles. The van der Waals surface area contributed by atoms with Crippen LogP contribution in [0.15, 0.2) is 39.6 Å². The first-order valence-electron chi connectivity index (χ1n) is 8.12. The van der Waals surface area contributed by atoms with Crippen LogP contribution in [0.25, 0.3) is 11.5 Å². The van der Waals surface area contributed by atoms with Gasteiger partial charge in [0, 0.05) is 6.42 Å². The van der Waals surface area contributed by atoms with Crippen LogP contribution < -0.4 is 5.32 Å². The predicted octanol–water partition coefficient (Wildman–Crippen LogP) is 4.61. The molecule has 0 aliphatic rings. The van der Waals surface area contributed by atoms with Crippen molar-refractivity contribution >= 4 is 56.3 Å². The van der Waals surface area contributed by atoms with Crippen molar-refractivity contribution in [2.24, 2.45) is 0 Å². The van der Waals surface area contributed by atoms with E-state index < -0.39 is 15.7 Å². The first-order valence-corrected chi connectivity index (χ1v) is 11.3. The summed E-state index contributed by atoms with van der Waals surface area (Å²) in [4.78, 5) is 12.3. The zero-order valence-electron chi connectivity index (χ0n) is 14.6. The van der Waals surface area contributed by atoms with E-state index in [0.29, 0.717) is 14.2 Å². The van der Waals surface area contributed by atoms with Crippen molar-refractivity contribution in [3.05, 3.63) is 44.6 Å². The summed E-state index contributed by atoms with van der Waals surface area (Å²) in [6, 6.07) is 8.09. The molecule has 0 fully saturated rings. The van der Waals surface area contributed by atoms with Crippen LogP contribution in [0, 0.1) is 6.92 Å². The predicted molar refractivity (Wildman–Crippen MR) is 109 cm³/mol. The number of anilines is 1. The molecule has 0 unspecified atom stereocenters. The standard InChI is InChI=1S/C17H15Cl2N3O4S2/c1-10-4-6-11(7-5-10)28(24,25)8-2-3-14(23)20-17-22-21-16(26-17)12-9-13(18)27-15(12)19/h4-7,9H,2-3,8H2,1H3,(H,20,22,23). The molecule has 7 nitrogen and oxygen atoms in total. The van der Waals surface area contributed by atoms with E-state index in [1.54, 1.807) is 30.3 Å². The Kier molecular flexibility index (Phi) is 6.39. The second-order valence-corrected chi connectivity index (χ2v) is 10.3. The second-order valence-electron chi connectivity index (χ2n) is 5.93. The lowest BCUT2D eigenvalue weighted by Crippen LogP contribution is -2.14. The van der Waals surface area contributed by atoms with Crippen LogP contribution >= 0.6 is 34.5 Å². The molecule has 0 spiro atoms. The number of amides is 1. The average molecular weight is 460 g/mol. The van der Waals surface area contributed by atoms with E-state index in [1.807, 2.05) is 6.92 Å². The van der Waals surface area contributed by atoms with Crippen LogP contribution in [0.3, 0.4) is 0 Å². The molecule has 0 aliphatic heterocycles. The van der Waals surface area contributed by atoms with Gasteiger partial charge in [0.2, 0.25) is 5.91 Å². The van der Waals surface area contributed by atoms with Gasteiger partial charge in [-0.2, -0.15) is 0 Å². The van der Waals surface area contributed by atoms with Crippen molar-refractivity contribution in [2.45, 2.75) is 24.7 Å². The minimum atomic E-state index is -3.44. The average Bonchev–Trinajstić information content (AvgIpc) is 3.20. The fourth-order valence-electron chi connectivity index (χ4n) is 2.34. The van der Waals surface area contributed by atoms with Crippen molar-refractivity contribution in [3.8, 4) is 11.5 Å². The maximum absolute atomic E-state index is 12.3. The maximum Gasteiger partial charge on any atom is 0.322 e. The van der Waals surface area contributed by atoms with Crippen LogP contribution in [-0.4, -0.2) is 30.3 Å². The van der Waals surface area contributed by atoms with E-state index in [9.17, 15) is 13.2 Å². The molecule has 0 aliphatic carbocycles. The van der Waals surface area contributed by atoms with E-state index >= 15 is 0 Å². The second kappa shape index (κ2) is 8.60. The molecule has 2 aromatic heterocycles. The fraction of sp³-hybridized carbons (Fsp3) is 0.235. The van der Waals surface area contributed by atoms with Gasteiger partial charge in [-0.1, -0.05) is 46.0 Å². The van der Waals surface area contributed by atoms with Crippen molar-refractivity contribution < 1.29 is 17.6 Å². The largest absolute Gasteiger partial charge is 0.403 e. The minimum absolute atomic E-state index is 0.00611. The number of aromatic nitrogens is 2. The minimum Gasteiger partial charge on any atom is -0.403 e. The fourth-order valence-corrected chi connectivity index (χ4v) is 5.10. The van der Waals surface area contributed by atoms with Gasteiger partial charge in [-0.25, -0.2) is 8.42 Å². The molecule has 2 heterocycles. The van der Waals surface area contributed by atoms with E-state index in [0.717, 1.165) is 16.9 Å². The van der Waals surface area contributed by atoms with E-state index in [2.05, 4.69) is 15.5 Å². The molecule has 1 amide bonds. The lowest BCUT2D eigenvalue weighted by molar-refractivity contribution is -0.116. The molecule has 0 atom stereocenters. The smallest absolute Gasteiger partial charge is 0.322 e. The van der Waals surface area contributed by atoms with Gasteiger partial charge in [-0.05, 0) is 31.5 Å². The summed E-state index contributed by atoms with van der Waals surface area (Å²) in [6.07, 6.45) is 0.156. The summed E-state index contributed by atoms with van der Waals surface area (Å²) < 4.78 is 30.8. The Morgan fingerprint density at radius 3 is 2.57 bits per heavy atom. The summed E-state index contributed by atoms with van der Waals surface area (Å²) >= 11 is 13.1. The third-order valence-electron chi connectivity index (χ3n) is 3.76. The van der Waals surface area contributed by atoms with Gasteiger partial charge in [-0.15, -0.1) is 16.4 Å². The molecular weight excluding hydrogens is 445 g/mol. The van der Waals surface area contributed by atoms with Crippen LogP contribution in [-0.2, 0) is 14.6 Å². The topological polar surface area (TPSA) is 102 Å². The van der Waals surface area contributed by atoms with E-state index in [4.69, 9.17) is 27.6 Å². The highest BCUT2D eigenvalue weighted by Gasteiger charge is 2.18. The normalized spacial score (nSPS) is 11.5. The molecule has 3 aromatic rings. The lowest BCUT2D eigenvalue weighted by Gasteiger charge is -2.05. The van der Waals surface area contributed by atoms with Crippen LogP contribution in [0.5, 0.6) is 0 Å². The van der Waals surface area contributed by atoms with E-state index in [1.165, 1.54) is 0 Å². The monoisotopic (exact) mass is 459 g/mol. The summed E-state index contributed by atoms with van der Waals surface area (Å²) in [5.41, 5.74) is 1.46. The zero-order chi connectivity index (χ0) is 20.3. The number of carbonyl (C=O) groups excluding carboxylic acids is 1. The number of benzene rings is 1. The number of aryl methyl sites for hydroxylation is 1. The number of rotatable bonds is 7. The molecule has 148 valence electrons. The molecule has 28 heavy (non-hydrogen) atoms. The molecule has 0 saturated carbocycles. The third kappa shape index (κ3) is 5.11. The van der Waals surface area contributed by atoms with Crippen molar-refractivity contribution in [3.63, 3.8) is 0 Å². The quantitative estimate of drug-likeness (QED) is 0.553. The van der Waals surface area contributed by atoms with Gasteiger partial charge >= 0.3 is 6.01 Å². The number of nitrogens with one attached hydrogen (secondary N) is 1. The first-order chi connectivity index (χ1) is 13.2. The number of carbonyl (C=O) groups is 1. The molecule has 11 heteroatoms. The molecule has 0 radical (unpaired) electrons. The molecule has 0 bridgehead atoms. The van der Waals surface area contributed by atoms with Gasteiger partial charge in [0.05, 0.1) is 20.5 Å². The Labute approximate surface area is 175 Å². The number of nitrogens with zero attached hydrogens (tertiary/aromatic N) is 2. The SMILES string of the molecule is Cc1ccc(S(=O)(=O)CCCC(=O)Nc2nnc(-c3cc(Cl)sc3Cl)o2)cc1. The summed E-state index contributed by atoms with van der Waals surface area (Å²) in [7, 11) is -3.44. The zero-order valence-corrected chi connectivity index (χ0v) is 17.8. The van der Waals surface area contributed by atoms with Gasteiger partial charge < -0.3 is 4.42 Å². The van der Waals surface area contributed by atoms with Crippen molar-refractivity contribution in [2.75, 3.05) is 11.1 Å². The Bertz CT molecular complexity index is 1090. The van der Waals surface area contributed by atoms with Crippen molar-refractivity contribution in [1.29, 1.82) is 0 Å². The highest BCUT2D eigenvalue weighted by Crippen LogP contribution is 2.37. The van der Waals surface area contributed by atoms with Gasteiger partial charge in [-0.3, -0.25) is 10.1 Å². The molecule has 0 saturated heterocycles. The number of sulfone groups is 1. The highest BCUT2D eigenvalue weighted by molar-refractivity contribution is 7.91. The van der Waals surface area contributed by atoms with Crippen LogP contribution in [0.2, 0.25) is 8.67 Å². The number of halogens is 2. The summed E-state index contributed by atoms with van der Waals surface area (Å²) in [5, 5.41) is 9.99. The number of hydrogen-bond donors (Lipinski definition) is 1. The van der Waals surface area contributed by atoms with Gasteiger partial charge in [0.25, 0.3) is 5.89 Å². The van der Waals surface area contributed by atoms with E-state index in [-0.39, 0.29) is 35.4 Å². The molecule has 3 rings (SSSR count). The molecule has 1 N–H and O–H groups in total. The van der Waals surface area contributed by atoms with Gasteiger partial charge in [0.15, 0.2) is 9.84 Å². The molecular formula is C17H15Cl2N3O4S2. The Balaban J connectivity index is 1.54.